The number of ether oxygens (including phenoxy) is 1. The molecule has 2 aromatic rings. The number of piperazine rings is 1. The molecule has 0 radical (unpaired) electrons. The summed E-state index contributed by atoms with van der Waals surface area (Å²) in [5.74, 6) is 1.03. The molecule has 1 amide bonds. The molecule has 2 N–H and O–H groups in total. The summed E-state index contributed by atoms with van der Waals surface area (Å²) in [6.07, 6.45) is 0.753. The lowest BCUT2D eigenvalue weighted by molar-refractivity contribution is -0.133. The van der Waals surface area contributed by atoms with Crippen LogP contribution in [0, 0.1) is 6.92 Å². The van der Waals surface area contributed by atoms with Crippen molar-refractivity contribution in [3.05, 3.63) is 59.7 Å². The maximum atomic E-state index is 13.0. The molecular formula is C22H28N4O2. The van der Waals surface area contributed by atoms with Crippen molar-refractivity contribution in [2.45, 2.75) is 25.4 Å². The zero-order valence-electron chi connectivity index (χ0n) is 16.5. The molecule has 2 aliphatic heterocycles. The third-order valence-corrected chi connectivity index (χ3v) is 5.71. The molecule has 0 bridgehead atoms. The number of aryl methyl sites for hydroxylation is 1. The van der Waals surface area contributed by atoms with Crippen LogP contribution in [0.4, 0.5) is 5.69 Å². The molecule has 0 spiro atoms. The highest BCUT2D eigenvalue weighted by Crippen LogP contribution is 2.25. The van der Waals surface area contributed by atoms with Gasteiger partial charge in [0.15, 0.2) is 0 Å². The standard InChI is InChI=1S/C22H28N4O2/c1-16-3-7-18(8-4-16)25-11-13-26(14-12-25)22(27)21-15-20(23-24-21)17-5-9-19(28-2)10-6-17/h3-10,20-21,23-24H,11-15H2,1-2H3. The summed E-state index contributed by atoms with van der Waals surface area (Å²) in [5, 5.41) is 0. The smallest absolute Gasteiger partial charge is 0.241 e. The van der Waals surface area contributed by atoms with Gasteiger partial charge in [-0.05, 0) is 43.2 Å². The van der Waals surface area contributed by atoms with Crippen molar-refractivity contribution in [2.24, 2.45) is 0 Å². The molecule has 2 fully saturated rings. The first kappa shape index (κ1) is 18.8. The summed E-state index contributed by atoms with van der Waals surface area (Å²) in [6, 6.07) is 16.6. The lowest BCUT2D eigenvalue weighted by atomic mass is 10.0. The molecule has 4 rings (SSSR count). The lowest BCUT2D eigenvalue weighted by Crippen LogP contribution is -2.53. The molecule has 2 heterocycles. The van der Waals surface area contributed by atoms with Gasteiger partial charge in [0.05, 0.1) is 7.11 Å². The molecule has 0 saturated carbocycles. The maximum absolute atomic E-state index is 13.0. The molecular weight excluding hydrogens is 352 g/mol. The van der Waals surface area contributed by atoms with E-state index in [0.717, 1.165) is 43.9 Å². The van der Waals surface area contributed by atoms with Gasteiger partial charge in [-0.15, -0.1) is 0 Å². The Bertz CT molecular complexity index is 798. The Hall–Kier alpha value is -2.57. The number of hydrogen-bond acceptors (Lipinski definition) is 5. The van der Waals surface area contributed by atoms with E-state index in [4.69, 9.17) is 4.74 Å². The average Bonchev–Trinajstić information content (AvgIpc) is 3.24. The molecule has 2 atom stereocenters. The molecule has 6 nitrogen and oxygen atoms in total. The van der Waals surface area contributed by atoms with E-state index in [2.05, 4.69) is 46.9 Å². The number of carbonyl (C=O) groups excluding carboxylic acids is 1. The monoisotopic (exact) mass is 380 g/mol. The fourth-order valence-electron chi connectivity index (χ4n) is 3.93. The molecule has 0 aromatic heterocycles. The number of anilines is 1. The number of nitrogens with zero attached hydrogens (tertiary/aromatic N) is 2. The van der Waals surface area contributed by atoms with Gasteiger partial charge in [-0.1, -0.05) is 29.8 Å². The van der Waals surface area contributed by atoms with Crippen molar-refractivity contribution in [1.29, 1.82) is 0 Å². The topological polar surface area (TPSA) is 56.8 Å². The summed E-state index contributed by atoms with van der Waals surface area (Å²) in [5.41, 5.74) is 10.1. The Kier molecular flexibility index (Phi) is 5.50. The van der Waals surface area contributed by atoms with Gasteiger partial charge in [-0.2, -0.15) is 0 Å². The molecule has 148 valence electrons. The van der Waals surface area contributed by atoms with Gasteiger partial charge in [0, 0.05) is 37.9 Å². The van der Waals surface area contributed by atoms with Gasteiger partial charge in [0.2, 0.25) is 5.91 Å². The predicted octanol–water partition coefficient (Wildman–Crippen LogP) is 2.26. The largest absolute Gasteiger partial charge is 0.497 e. The number of carbonyl (C=O) groups is 1. The van der Waals surface area contributed by atoms with Crippen molar-refractivity contribution in [1.82, 2.24) is 15.8 Å². The van der Waals surface area contributed by atoms with Gasteiger partial charge in [-0.3, -0.25) is 4.79 Å². The van der Waals surface area contributed by atoms with Crippen molar-refractivity contribution in [3.8, 4) is 5.75 Å². The Morgan fingerprint density at radius 1 is 0.964 bits per heavy atom. The zero-order valence-corrected chi connectivity index (χ0v) is 16.5. The van der Waals surface area contributed by atoms with Crippen LogP contribution in [0.5, 0.6) is 5.75 Å². The Morgan fingerprint density at radius 3 is 2.29 bits per heavy atom. The summed E-state index contributed by atoms with van der Waals surface area (Å²) in [7, 11) is 1.66. The van der Waals surface area contributed by atoms with Gasteiger partial charge < -0.3 is 14.5 Å². The van der Waals surface area contributed by atoms with Crippen LogP contribution in [0.15, 0.2) is 48.5 Å². The second kappa shape index (κ2) is 8.20. The normalized spacial score (nSPS) is 22.4. The molecule has 2 unspecified atom stereocenters. The average molecular weight is 380 g/mol. The lowest BCUT2D eigenvalue weighted by Gasteiger charge is -2.37. The van der Waals surface area contributed by atoms with Crippen LogP contribution < -0.4 is 20.5 Å². The van der Waals surface area contributed by atoms with Crippen LogP contribution in [0.2, 0.25) is 0 Å². The van der Waals surface area contributed by atoms with Crippen LogP contribution in [-0.2, 0) is 4.79 Å². The van der Waals surface area contributed by atoms with E-state index < -0.39 is 0 Å². The van der Waals surface area contributed by atoms with E-state index >= 15 is 0 Å². The fraction of sp³-hybridized carbons (Fsp3) is 0.409. The van der Waals surface area contributed by atoms with Gasteiger partial charge >= 0.3 is 0 Å². The van der Waals surface area contributed by atoms with Crippen LogP contribution >= 0.6 is 0 Å². The SMILES string of the molecule is COc1ccc(C2CC(C(=O)N3CCN(c4ccc(C)cc4)CC3)NN2)cc1. The fourth-order valence-corrected chi connectivity index (χ4v) is 3.93. The molecule has 28 heavy (non-hydrogen) atoms. The number of hydrazine groups is 1. The van der Waals surface area contributed by atoms with E-state index in [-0.39, 0.29) is 18.0 Å². The summed E-state index contributed by atoms with van der Waals surface area (Å²) in [4.78, 5) is 17.3. The molecule has 2 aliphatic rings. The number of benzene rings is 2. The zero-order chi connectivity index (χ0) is 19.5. The third kappa shape index (κ3) is 3.98. The first-order valence-electron chi connectivity index (χ1n) is 9.89. The van der Waals surface area contributed by atoms with Crippen LogP contribution in [-0.4, -0.2) is 50.1 Å². The van der Waals surface area contributed by atoms with Gasteiger partial charge in [0.25, 0.3) is 0 Å². The first-order chi connectivity index (χ1) is 13.6. The maximum Gasteiger partial charge on any atom is 0.241 e. The molecule has 0 aliphatic carbocycles. The number of rotatable bonds is 4. The minimum absolute atomic E-state index is 0.133. The summed E-state index contributed by atoms with van der Waals surface area (Å²) in [6.45, 7) is 5.37. The Balaban J connectivity index is 1.31. The van der Waals surface area contributed by atoms with Crippen molar-refractivity contribution >= 4 is 11.6 Å². The number of methoxy groups -OCH3 is 1. The van der Waals surface area contributed by atoms with E-state index in [1.807, 2.05) is 29.2 Å². The number of amides is 1. The van der Waals surface area contributed by atoms with E-state index in [0.29, 0.717) is 0 Å². The van der Waals surface area contributed by atoms with Crippen molar-refractivity contribution < 1.29 is 9.53 Å². The minimum Gasteiger partial charge on any atom is -0.497 e. The molecule has 2 aromatic carbocycles. The van der Waals surface area contributed by atoms with Crippen LogP contribution in [0.25, 0.3) is 0 Å². The highest BCUT2D eigenvalue weighted by molar-refractivity contribution is 5.82. The Morgan fingerprint density at radius 2 is 1.64 bits per heavy atom. The van der Waals surface area contributed by atoms with E-state index in [1.165, 1.54) is 11.3 Å². The first-order valence-corrected chi connectivity index (χ1v) is 9.89. The Labute approximate surface area is 166 Å². The number of nitrogens with one attached hydrogen (secondary N) is 2. The van der Waals surface area contributed by atoms with Crippen LogP contribution in [0.1, 0.15) is 23.6 Å². The predicted molar refractivity (Wildman–Crippen MR) is 110 cm³/mol. The highest BCUT2D eigenvalue weighted by atomic mass is 16.5. The van der Waals surface area contributed by atoms with E-state index in [9.17, 15) is 4.79 Å². The minimum atomic E-state index is -0.182. The van der Waals surface area contributed by atoms with Crippen molar-refractivity contribution in [3.63, 3.8) is 0 Å². The summed E-state index contributed by atoms with van der Waals surface area (Å²) < 4.78 is 5.22. The molecule has 2 saturated heterocycles. The van der Waals surface area contributed by atoms with Crippen molar-refractivity contribution in [2.75, 3.05) is 38.2 Å². The highest BCUT2D eigenvalue weighted by Gasteiger charge is 2.34. The van der Waals surface area contributed by atoms with Gasteiger partial charge in [0.1, 0.15) is 11.8 Å². The second-order valence-electron chi connectivity index (χ2n) is 7.55. The second-order valence-corrected chi connectivity index (χ2v) is 7.55. The third-order valence-electron chi connectivity index (χ3n) is 5.71. The summed E-state index contributed by atoms with van der Waals surface area (Å²) >= 11 is 0. The quantitative estimate of drug-likeness (QED) is 0.852. The van der Waals surface area contributed by atoms with Crippen LogP contribution in [0.3, 0.4) is 0 Å². The molecule has 6 heteroatoms. The van der Waals surface area contributed by atoms with Gasteiger partial charge in [-0.25, -0.2) is 10.9 Å². The number of hydrogen-bond donors (Lipinski definition) is 2. The van der Waals surface area contributed by atoms with E-state index in [1.54, 1.807) is 7.11 Å².